The summed E-state index contributed by atoms with van der Waals surface area (Å²) in [5.41, 5.74) is 9.17. The Morgan fingerprint density at radius 3 is 2.39 bits per heavy atom. The Bertz CT molecular complexity index is 1160. The van der Waals surface area contributed by atoms with Crippen molar-refractivity contribution in [1.29, 1.82) is 5.26 Å². The number of pyridine rings is 1. The lowest BCUT2D eigenvalue weighted by Gasteiger charge is -2.27. The molecule has 0 fully saturated rings. The van der Waals surface area contributed by atoms with Crippen LogP contribution in [0.3, 0.4) is 0 Å². The van der Waals surface area contributed by atoms with Gasteiger partial charge in [-0.15, -0.1) is 0 Å². The second kappa shape index (κ2) is 7.09. The van der Waals surface area contributed by atoms with Crippen molar-refractivity contribution in [2.24, 2.45) is 5.73 Å². The van der Waals surface area contributed by atoms with Crippen molar-refractivity contribution in [2.75, 3.05) is 0 Å². The normalized spacial score (nSPS) is 15.5. The number of aromatic nitrogens is 1. The Kier molecular flexibility index (Phi) is 4.46. The summed E-state index contributed by atoms with van der Waals surface area (Å²) in [6, 6.07) is 23.2. The molecule has 0 spiro atoms. The van der Waals surface area contributed by atoms with E-state index >= 15 is 0 Å². The Labute approximate surface area is 162 Å². The number of benzene rings is 2. The number of rotatable bonds is 3. The van der Waals surface area contributed by atoms with E-state index in [-0.39, 0.29) is 17.0 Å². The number of hydrogen-bond acceptors (Lipinski definition) is 4. The summed E-state index contributed by atoms with van der Waals surface area (Å²) in [7, 11) is 0. The van der Waals surface area contributed by atoms with Gasteiger partial charge in [-0.1, -0.05) is 60.7 Å². The molecule has 2 heterocycles. The molecule has 0 saturated heterocycles. The molecule has 3 aromatic rings. The second-order valence-electron chi connectivity index (χ2n) is 6.78. The van der Waals surface area contributed by atoms with Crippen LogP contribution in [-0.4, -0.2) is 4.57 Å². The lowest BCUT2D eigenvalue weighted by molar-refractivity contribution is 0.389. The summed E-state index contributed by atoms with van der Waals surface area (Å²) >= 11 is 0. The third-order valence-electron chi connectivity index (χ3n) is 5.01. The molecule has 1 atom stereocenters. The third kappa shape index (κ3) is 2.95. The van der Waals surface area contributed by atoms with Crippen molar-refractivity contribution < 1.29 is 4.74 Å². The molecule has 28 heavy (non-hydrogen) atoms. The molecule has 1 aromatic heterocycles. The highest BCUT2D eigenvalue weighted by Gasteiger charge is 2.34. The zero-order valence-corrected chi connectivity index (χ0v) is 15.4. The van der Waals surface area contributed by atoms with Crippen molar-refractivity contribution >= 4 is 0 Å². The maximum atomic E-state index is 13.5. The number of ether oxygens (including phenoxy) is 1. The molecule has 0 amide bonds. The van der Waals surface area contributed by atoms with Crippen LogP contribution in [0.25, 0.3) is 0 Å². The van der Waals surface area contributed by atoms with E-state index in [0.717, 1.165) is 16.8 Å². The van der Waals surface area contributed by atoms with Crippen LogP contribution in [0.5, 0.6) is 5.75 Å². The lowest BCUT2D eigenvalue weighted by Crippen LogP contribution is -2.33. The van der Waals surface area contributed by atoms with E-state index in [4.69, 9.17) is 10.5 Å². The molecular formula is C23H19N3O2. The number of allylic oxidation sites excluding steroid dienone is 1. The number of nitrogens with zero attached hydrogens (tertiary/aromatic N) is 2. The Hall–Kier alpha value is -3.78. The van der Waals surface area contributed by atoms with Crippen LogP contribution in [0.15, 0.2) is 83.0 Å². The van der Waals surface area contributed by atoms with Gasteiger partial charge in [0.25, 0.3) is 5.56 Å². The summed E-state index contributed by atoms with van der Waals surface area (Å²) in [6.45, 7) is 2.31. The molecule has 5 nitrogen and oxygen atoms in total. The van der Waals surface area contributed by atoms with Crippen LogP contribution in [0.1, 0.15) is 28.3 Å². The molecule has 2 aromatic carbocycles. The van der Waals surface area contributed by atoms with E-state index in [1.165, 1.54) is 0 Å². The standard InChI is InChI=1S/C23H19N3O2/c1-15-12-19-21(23(27)26(15)14-16-8-4-2-5-9-16)20(17-10-6-3-7-11-17)18(13-24)22(25)28-19/h2-12,20H,14,25H2,1H3. The van der Waals surface area contributed by atoms with Crippen LogP contribution >= 0.6 is 0 Å². The summed E-state index contributed by atoms with van der Waals surface area (Å²) in [5.74, 6) is -0.0919. The molecule has 0 radical (unpaired) electrons. The maximum absolute atomic E-state index is 13.5. The molecular weight excluding hydrogens is 350 g/mol. The SMILES string of the molecule is Cc1cc2c(c(=O)n1Cc1ccccc1)C(c1ccccc1)C(C#N)=C(N)O2. The molecule has 5 heteroatoms. The van der Waals surface area contributed by atoms with Gasteiger partial charge in [0.15, 0.2) is 0 Å². The molecule has 0 bridgehead atoms. The number of nitriles is 1. The quantitative estimate of drug-likeness (QED) is 0.767. The highest BCUT2D eigenvalue weighted by Crippen LogP contribution is 2.40. The third-order valence-corrected chi connectivity index (χ3v) is 5.01. The van der Waals surface area contributed by atoms with Crippen LogP contribution in [0.4, 0.5) is 0 Å². The van der Waals surface area contributed by atoms with Crippen molar-refractivity contribution in [3.05, 3.63) is 111 Å². The predicted octanol–water partition coefficient (Wildman–Crippen LogP) is 3.42. The fraction of sp³-hybridized carbons (Fsp3) is 0.130. The van der Waals surface area contributed by atoms with Gasteiger partial charge in [0.05, 0.1) is 18.0 Å². The minimum absolute atomic E-state index is 0.0449. The topological polar surface area (TPSA) is 81.0 Å². The summed E-state index contributed by atoms with van der Waals surface area (Å²) in [5, 5.41) is 9.69. The van der Waals surface area contributed by atoms with Gasteiger partial charge in [-0.25, -0.2) is 0 Å². The lowest BCUT2D eigenvalue weighted by atomic mass is 9.84. The number of hydrogen-bond donors (Lipinski definition) is 1. The largest absolute Gasteiger partial charge is 0.440 e. The summed E-state index contributed by atoms with van der Waals surface area (Å²) < 4.78 is 7.39. The zero-order valence-electron chi connectivity index (χ0n) is 15.4. The van der Waals surface area contributed by atoms with E-state index < -0.39 is 5.92 Å². The van der Waals surface area contributed by atoms with Crippen molar-refractivity contribution in [2.45, 2.75) is 19.4 Å². The average Bonchev–Trinajstić information content (AvgIpc) is 2.71. The minimum Gasteiger partial charge on any atom is -0.440 e. The Balaban J connectivity index is 1.93. The second-order valence-corrected chi connectivity index (χ2v) is 6.78. The van der Waals surface area contributed by atoms with Gasteiger partial charge >= 0.3 is 0 Å². The van der Waals surface area contributed by atoms with E-state index in [0.29, 0.717) is 17.9 Å². The summed E-state index contributed by atoms with van der Waals surface area (Å²) in [6.07, 6.45) is 0. The first-order valence-electron chi connectivity index (χ1n) is 9.01. The van der Waals surface area contributed by atoms with Gasteiger partial charge in [0, 0.05) is 11.8 Å². The van der Waals surface area contributed by atoms with Gasteiger partial charge in [-0.05, 0) is 18.1 Å². The van der Waals surface area contributed by atoms with E-state index in [1.54, 1.807) is 4.57 Å². The first kappa shape index (κ1) is 17.6. The van der Waals surface area contributed by atoms with Gasteiger partial charge in [0.1, 0.15) is 17.4 Å². The van der Waals surface area contributed by atoms with Crippen molar-refractivity contribution in [3.8, 4) is 11.8 Å². The molecule has 4 rings (SSSR count). The molecule has 1 aliphatic heterocycles. The Morgan fingerprint density at radius 1 is 1.11 bits per heavy atom. The van der Waals surface area contributed by atoms with Gasteiger partial charge in [-0.3, -0.25) is 4.79 Å². The van der Waals surface area contributed by atoms with Gasteiger partial charge in [-0.2, -0.15) is 5.26 Å². The number of fused-ring (bicyclic) bond motifs is 1. The monoisotopic (exact) mass is 369 g/mol. The van der Waals surface area contributed by atoms with E-state index in [1.807, 2.05) is 73.7 Å². The Morgan fingerprint density at radius 2 is 1.75 bits per heavy atom. The van der Waals surface area contributed by atoms with Crippen LogP contribution in [-0.2, 0) is 6.54 Å². The predicted molar refractivity (Wildman–Crippen MR) is 107 cm³/mol. The average molecular weight is 369 g/mol. The van der Waals surface area contributed by atoms with Crippen LogP contribution < -0.4 is 16.0 Å². The van der Waals surface area contributed by atoms with E-state index in [9.17, 15) is 10.1 Å². The van der Waals surface area contributed by atoms with Gasteiger partial charge < -0.3 is 15.0 Å². The van der Waals surface area contributed by atoms with Crippen molar-refractivity contribution in [3.63, 3.8) is 0 Å². The number of aryl methyl sites for hydroxylation is 1. The first-order valence-corrected chi connectivity index (χ1v) is 9.01. The number of nitrogens with two attached hydrogens (primary N) is 1. The van der Waals surface area contributed by atoms with Crippen molar-refractivity contribution in [1.82, 2.24) is 4.57 Å². The first-order chi connectivity index (χ1) is 13.6. The van der Waals surface area contributed by atoms with Gasteiger partial charge in [0.2, 0.25) is 5.88 Å². The molecule has 1 unspecified atom stereocenters. The molecule has 1 aliphatic rings. The summed E-state index contributed by atoms with van der Waals surface area (Å²) in [4.78, 5) is 13.5. The van der Waals surface area contributed by atoms with Crippen LogP contribution in [0.2, 0.25) is 0 Å². The van der Waals surface area contributed by atoms with E-state index in [2.05, 4.69) is 6.07 Å². The molecule has 0 aliphatic carbocycles. The fourth-order valence-electron chi connectivity index (χ4n) is 3.63. The van der Waals surface area contributed by atoms with Crippen LogP contribution in [0, 0.1) is 18.3 Å². The molecule has 0 saturated carbocycles. The fourth-order valence-corrected chi connectivity index (χ4v) is 3.63. The highest BCUT2D eigenvalue weighted by molar-refractivity contribution is 5.55. The molecule has 138 valence electrons. The maximum Gasteiger partial charge on any atom is 0.259 e. The molecule has 2 N–H and O–H groups in total. The zero-order chi connectivity index (χ0) is 19.7. The minimum atomic E-state index is -0.551. The highest BCUT2D eigenvalue weighted by atomic mass is 16.5. The smallest absolute Gasteiger partial charge is 0.259 e.